The molecule has 1 aromatic carbocycles. The van der Waals surface area contributed by atoms with Crippen LogP contribution in [-0.4, -0.2) is 50.5 Å². The predicted octanol–water partition coefficient (Wildman–Crippen LogP) is 2.26. The van der Waals surface area contributed by atoms with Crippen molar-refractivity contribution in [3.8, 4) is 0 Å². The summed E-state index contributed by atoms with van der Waals surface area (Å²) in [6.07, 6.45) is 0. The maximum absolute atomic E-state index is 11.7. The molecule has 0 aliphatic rings. The van der Waals surface area contributed by atoms with Crippen LogP contribution in [-0.2, 0) is 10.2 Å². The Bertz CT molecular complexity index is 555. The summed E-state index contributed by atoms with van der Waals surface area (Å²) in [6, 6.07) is 7.86. The molecule has 6 heteroatoms. The minimum absolute atomic E-state index is 0.0312. The average molecular weight is 339 g/mol. The highest BCUT2D eigenvalue weighted by Crippen LogP contribution is 2.24. The lowest BCUT2D eigenvalue weighted by atomic mass is 9.84. The van der Waals surface area contributed by atoms with Crippen LogP contribution in [0.5, 0.6) is 0 Å². The van der Waals surface area contributed by atoms with Crippen molar-refractivity contribution in [2.75, 3.05) is 33.7 Å². The minimum Gasteiger partial charge on any atom is -0.357 e. The van der Waals surface area contributed by atoms with Crippen LogP contribution >= 0.6 is 11.6 Å². The van der Waals surface area contributed by atoms with Gasteiger partial charge in [-0.3, -0.25) is 4.79 Å². The quantitative estimate of drug-likeness (QED) is 0.618. The molecule has 0 bridgehead atoms. The van der Waals surface area contributed by atoms with E-state index >= 15 is 0 Å². The Labute approximate surface area is 144 Å². The van der Waals surface area contributed by atoms with E-state index in [0.717, 1.165) is 17.1 Å². The highest BCUT2D eigenvalue weighted by atomic mass is 35.5. The van der Waals surface area contributed by atoms with E-state index in [4.69, 9.17) is 11.6 Å². The summed E-state index contributed by atoms with van der Waals surface area (Å²) >= 11 is 6.08. The number of aliphatic imine (C=N–C) groups is 1. The number of amides is 1. The lowest BCUT2D eigenvalue weighted by Gasteiger charge is -2.27. The first-order chi connectivity index (χ1) is 10.8. The highest BCUT2D eigenvalue weighted by Gasteiger charge is 2.21. The van der Waals surface area contributed by atoms with E-state index < -0.39 is 0 Å². The van der Waals surface area contributed by atoms with E-state index in [0.29, 0.717) is 12.5 Å². The first-order valence-electron chi connectivity index (χ1n) is 7.74. The molecule has 1 aromatic rings. The van der Waals surface area contributed by atoms with Crippen LogP contribution in [0.2, 0.25) is 5.02 Å². The standard InChI is InChI=1S/C17H27ClN4O/c1-6-19-16(20-11-15(23)22(4)5)21-12-17(2,3)13-8-7-9-14(18)10-13/h7-10H,6,11-12H2,1-5H3,(H2,19,20,21). The lowest BCUT2D eigenvalue weighted by molar-refractivity contribution is -0.127. The van der Waals surface area contributed by atoms with Gasteiger partial charge in [-0.2, -0.15) is 0 Å². The molecule has 0 radical (unpaired) electrons. The predicted molar refractivity (Wildman–Crippen MR) is 97.2 cm³/mol. The maximum atomic E-state index is 11.7. The van der Waals surface area contributed by atoms with Gasteiger partial charge in [-0.15, -0.1) is 0 Å². The number of nitrogens with zero attached hydrogens (tertiary/aromatic N) is 2. The summed E-state index contributed by atoms with van der Waals surface area (Å²) in [5.74, 6) is 0.606. The summed E-state index contributed by atoms with van der Waals surface area (Å²) < 4.78 is 0. The number of carbonyl (C=O) groups excluding carboxylic acids is 1. The Balaban J connectivity index is 2.73. The number of hydrogen-bond donors (Lipinski definition) is 2. The van der Waals surface area contributed by atoms with Gasteiger partial charge in [0.25, 0.3) is 0 Å². The number of carbonyl (C=O) groups is 1. The van der Waals surface area contributed by atoms with E-state index in [1.54, 1.807) is 14.1 Å². The van der Waals surface area contributed by atoms with Gasteiger partial charge < -0.3 is 15.5 Å². The number of benzene rings is 1. The zero-order valence-corrected chi connectivity index (χ0v) is 15.4. The van der Waals surface area contributed by atoms with E-state index in [1.807, 2.05) is 25.1 Å². The number of hydrogen-bond acceptors (Lipinski definition) is 2. The van der Waals surface area contributed by atoms with Gasteiger partial charge in [0.05, 0.1) is 0 Å². The Hall–Kier alpha value is -1.75. The molecule has 0 aliphatic heterocycles. The van der Waals surface area contributed by atoms with Crippen molar-refractivity contribution in [1.29, 1.82) is 0 Å². The third-order valence-corrected chi connectivity index (χ3v) is 3.75. The van der Waals surface area contributed by atoms with Crippen LogP contribution in [0, 0.1) is 0 Å². The molecule has 23 heavy (non-hydrogen) atoms. The van der Waals surface area contributed by atoms with Gasteiger partial charge in [-0.1, -0.05) is 37.6 Å². The summed E-state index contributed by atoms with van der Waals surface area (Å²) in [5, 5.41) is 7.18. The van der Waals surface area contributed by atoms with E-state index in [9.17, 15) is 4.79 Å². The van der Waals surface area contributed by atoms with Gasteiger partial charge in [0, 0.05) is 37.6 Å². The number of guanidine groups is 1. The van der Waals surface area contributed by atoms with Crippen molar-refractivity contribution in [2.24, 2.45) is 4.99 Å². The normalized spacial score (nSPS) is 12.0. The number of rotatable bonds is 6. The van der Waals surface area contributed by atoms with Gasteiger partial charge in [0.15, 0.2) is 5.96 Å². The summed E-state index contributed by atoms with van der Waals surface area (Å²) in [7, 11) is 3.45. The van der Waals surface area contributed by atoms with Gasteiger partial charge in [-0.05, 0) is 24.6 Å². The van der Waals surface area contributed by atoms with Gasteiger partial charge >= 0.3 is 0 Å². The first kappa shape index (κ1) is 19.3. The van der Waals surface area contributed by atoms with Crippen molar-refractivity contribution in [2.45, 2.75) is 26.2 Å². The number of halogens is 1. The molecule has 1 rings (SSSR count). The molecule has 0 saturated heterocycles. The second-order valence-corrected chi connectivity index (χ2v) is 6.67. The Morgan fingerprint density at radius 1 is 1.30 bits per heavy atom. The fourth-order valence-electron chi connectivity index (χ4n) is 1.95. The topological polar surface area (TPSA) is 56.7 Å². The molecule has 0 aliphatic carbocycles. The zero-order chi connectivity index (χ0) is 17.5. The Kier molecular flexibility index (Phi) is 7.36. The van der Waals surface area contributed by atoms with Crippen LogP contribution in [0.3, 0.4) is 0 Å². The summed E-state index contributed by atoms with van der Waals surface area (Å²) in [4.78, 5) is 17.5. The van der Waals surface area contributed by atoms with Crippen molar-refractivity contribution >= 4 is 23.5 Å². The van der Waals surface area contributed by atoms with Crippen molar-refractivity contribution in [3.05, 3.63) is 34.9 Å². The summed E-state index contributed by atoms with van der Waals surface area (Å²) in [6.45, 7) is 7.81. The second-order valence-electron chi connectivity index (χ2n) is 6.23. The van der Waals surface area contributed by atoms with Crippen LogP contribution in [0.15, 0.2) is 29.3 Å². The molecule has 5 nitrogen and oxygen atoms in total. The molecule has 0 atom stereocenters. The van der Waals surface area contributed by atoms with Crippen molar-refractivity contribution in [1.82, 2.24) is 15.5 Å². The van der Waals surface area contributed by atoms with Crippen LogP contribution in [0.4, 0.5) is 0 Å². The molecule has 0 aromatic heterocycles. The highest BCUT2D eigenvalue weighted by molar-refractivity contribution is 6.30. The molecule has 128 valence electrons. The first-order valence-corrected chi connectivity index (χ1v) is 8.12. The van der Waals surface area contributed by atoms with Gasteiger partial charge in [-0.25, -0.2) is 4.99 Å². The molecular weight excluding hydrogens is 312 g/mol. The molecule has 1 amide bonds. The van der Waals surface area contributed by atoms with Gasteiger partial charge in [0.2, 0.25) is 5.91 Å². The molecule has 0 spiro atoms. The minimum atomic E-state index is -0.118. The Morgan fingerprint density at radius 2 is 2.00 bits per heavy atom. The molecule has 2 N–H and O–H groups in total. The third-order valence-electron chi connectivity index (χ3n) is 3.52. The molecule has 0 heterocycles. The van der Waals surface area contributed by atoms with Crippen LogP contribution < -0.4 is 10.6 Å². The zero-order valence-electron chi connectivity index (χ0n) is 14.6. The smallest absolute Gasteiger partial charge is 0.243 e. The monoisotopic (exact) mass is 338 g/mol. The largest absolute Gasteiger partial charge is 0.357 e. The molecular formula is C17H27ClN4O. The number of likely N-dealkylation sites (N-methyl/N-ethyl adjacent to an activating group) is 1. The third kappa shape index (κ3) is 6.48. The second kappa shape index (κ2) is 8.77. The molecule has 0 fully saturated rings. The summed E-state index contributed by atoms with van der Waals surface area (Å²) in [5.41, 5.74) is 1.03. The maximum Gasteiger partial charge on any atom is 0.243 e. The fraction of sp³-hybridized carbons (Fsp3) is 0.529. The van der Waals surface area contributed by atoms with Crippen molar-refractivity contribution < 1.29 is 4.79 Å². The lowest BCUT2D eigenvalue weighted by Crippen LogP contribution is -2.44. The average Bonchev–Trinajstić information content (AvgIpc) is 2.49. The van der Waals surface area contributed by atoms with Crippen LogP contribution in [0.25, 0.3) is 0 Å². The molecule has 0 unspecified atom stereocenters. The molecule has 0 saturated carbocycles. The van der Waals surface area contributed by atoms with E-state index in [-0.39, 0.29) is 17.9 Å². The van der Waals surface area contributed by atoms with E-state index in [2.05, 4.69) is 35.5 Å². The fourth-order valence-corrected chi connectivity index (χ4v) is 2.14. The van der Waals surface area contributed by atoms with Crippen molar-refractivity contribution in [3.63, 3.8) is 0 Å². The SMILES string of the molecule is CCNC(=NCC(=O)N(C)C)NCC(C)(C)c1cccc(Cl)c1. The van der Waals surface area contributed by atoms with E-state index in [1.165, 1.54) is 4.90 Å². The van der Waals surface area contributed by atoms with Gasteiger partial charge in [0.1, 0.15) is 6.54 Å². The van der Waals surface area contributed by atoms with Crippen LogP contribution in [0.1, 0.15) is 26.3 Å². The number of nitrogens with one attached hydrogen (secondary N) is 2. The Morgan fingerprint density at radius 3 is 2.57 bits per heavy atom.